The zero-order chi connectivity index (χ0) is 12.3. The van der Waals surface area contributed by atoms with Crippen LogP contribution in [0, 0.1) is 6.92 Å². The molecule has 4 nitrogen and oxygen atoms in total. The zero-order valence-corrected chi connectivity index (χ0v) is 10.6. The van der Waals surface area contributed by atoms with Crippen LogP contribution in [-0.2, 0) is 0 Å². The van der Waals surface area contributed by atoms with Gasteiger partial charge in [-0.25, -0.2) is 0 Å². The van der Waals surface area contributed by atoms with Crippen molar-refractivity contribution in [2.75, 3.05) is 10.6 Å². The summed E-state index contributed by atoms with van der Waals surface area (Å²) in [5, 5.41) is 10.2. The minimum Gasteiger partial charge on any atom is -0.342 e. The Labute approximate surface area is 109 Å². The summed E-state index contributed by atoms with van der Waals surface area (Å²) < 4.78 is 4.70. The minimum absolute atomic E-state index is 0.214. The number of benzene rings is 1. The van der Waals surface area contributed by atoms with Crippen LogP contribution in [-0.4, -0.2) is 10.3 Å². The molecule has 17 heavy (non-hydrogen) atoms. The van der Waals surface area contributed by atoms with Crippen molar-refractivity contribution in [1.29, 1.82) is 0 Å². The molecule has 0 saturated carbocycles. The van der Waals surface area contributed by atoms with Gasteiger partial charge in [-0.2, -0.15) is 0 Å². The van der Waals surface area contributed by atoms with E-state index in [4.69, 9.17) is 28.3 Å². The van der Waals surface area contributed by atoms with Crippen LogP contribution in [0.3, 0.4) is 0 Å². The van der Waals surface area contributed by atoms with Crippen LogP contribution in [0.15, 0.2) is 34.9 Å². The van der Waals surface area contributed by atoms with Gasteiger partial charge in [0.1, 0.15) is 0 Å². The van der Waals surface area contributed by atoms with Crippen molar-refractivity contribution in [3.63, 3.8) is 0 Å². The van der Waals surface area contributed by atoms with Crippen molar-refractivity contribution in [3.8, 4) is 0 Å². The van der Waals surface area contributed by atoms with Crippen molar-refractivity contribution in [3.05, 3.63) is 41.1 Å². The summed E-state index contributed by atoms with van der Waals surface area (Å²) in [5.41, 5.74) is 2.07. The predicted molar refractivity (Wildman–Crippen MR) is 72.5 cm³/mol. The van der Waals surface area contributed by atoms with Crippen molar-refractivity contribution < 1.29 is 4.52 Å². The quantitative estimate of drug-likeness (QED) is 0.817. The third-order valence-corrected chi connectivity index (χ3v) is 2.38. The number of nitrogens with one attached hydrogen (secondary N) is 2. The number of hydrogen-bond acceptors (Lipinski definition) is 3. The van der Waals surface area contributed by atoms with Crippen LogP contribution in [0.1, 0.15) is 5.56 Å². The van der Waals surface area contributed by atoms with E-state index in [9.17, 15) is 0 Å². The zero-order valence-electron chi connectivity index (χ0n) is 9.03. The molecule has 0 unspecified atom stereocenters. The Bertz CT molecular complexity index is 541. The molecule has 88 valence electrons. The van der Waals surface area contributed by atoms with Gasteiger partial charge in [-0.15, -0.1) is 0 Å². The average molecular weight is 268 g/mol. The highest BCUT2D eigenvalue weighted by atomic mass is 35.5. The van der Waals surface area contributed by atoms with Gasteiger partial charge in [0.2, 0.25) is 5.22 Å². The first-order valence-electron chi connectivity index (χ1n) is 4.90. The maximum atomic E-state index is 5.59. The molecule has 0 aliphatic carbocycles. The summed E-state index contributed by atoms with van der Waals surface area (Å²) in [6.45, 7) is 2.01. The number of thiocarbonyl (C=S) groups is 1. The Balaban J connectivity index is 1.98. The fourth-order valence-electron chi connectivity index (χ4n) is 1.31. The van der Waals surface area contributed by atoms with E-state index in [1.807, 2.05) is 31.2 Å². The van der Waals surface area contributed by atoms with Crippen LogP contribution in [0.2, 0.25) is 5.22 Å². The second kappa shape index (κ2) is 5.16. The fourth-order valence-corrected chi connectivity index (χ4v) is 1.67. The molecule has 2 N–H and O–H groups in total. The van der Waals surface area contributed by atoms with E-state index in [0.717, 1.165) is 11.3 Å². The lowest BCUT2D eigenvalue weighted by atomic mass is 10.2. The van der Waals surface area contributed by atoms with Crippen LogP contribution in [0.5, 0.6) is 0 Å². The smallest absolute Gasteiger partial charge is 0.228 e. The summed E-state index contributed by atoms with van der Waals surface area (Å²) in [6, 6.07) is 9.43. The lowest BCUT2D eigenvalue weighted by Gasteiger charge is -2.08. The molecule has 2 rings (SSSR count). The minimum atomic E-state index is 0.214. The van der Waals surface area contributed by atoms with E-state index >= 15 is 0 Å². The third-order valence-electron chi connectivity index (χ3n) is 2.00. The first kappa shape index (κ1) is 11.9. The van der Waals surface area contributed by atoms with Gasteiger partial charge < -0.3 is 15.2 Å². The average Bonchev–Trinajstić information content (AvgIpc) is 2.63. The SMILES string of the molecule is Cc1cccc(NC(=S)Nc2cc(Cl)on2)c1. The van der Waals surface area contributed by atoms with Gasteiger partial charge in [-0.1, -0.05) is 17.3 Å². The Morgan fingerprint density at radius 3 is 2.82 bits per heavy atom. The number of aromatic nitrogens is 1. The maximum absolute atomic E-state index is 5.59. The summed E-state index contributed by atoms with van der Waals surface area (Å²) in [6.07, 6.45) is 0. The molecule has 0 radical (unpaired) electrons. The monoisotopic (exact) mass is 267 g/mol. The molecule has 0 atom stereocenters. The lowest BCUT2D eigenvalue weighted by Crippen LogP contribution is -2.19. The first-order valence-corrected chi connectivity index (χ1v) is 5.69. The topological polar surface area (TPSA) is 50.1 Å². The highest BCUT2D eigenvalue weighted by Gasteiger charge is 2.03. The second-order valence-corrected chi connectivity index (χ2v) is 4.25. The molecule has 0 aliphatic heterocycles. The summed E-state index contributed by atoms with van der Waals surface area (Å²) in [5.74, 6) is 0.472. The Hall–Kier alpha value is -1.59. The lowest BCUT2D eigenvalue weighted by molar-refractivity contribution is 0.425. The molecule has 0 spiro atoms. The number of nitrogens with zero attached hydrogens (tertiary/aromatic N) is 1. The van der Waals surface area contributed by atoms with E-state index in [1.165, 1.54) is 0 Å². The Morgan fingerprint density at radius 2 is 2.18 bits per heavy atom. The maximum Gasteiger partial charge on any atom is 0.228 e. The molecule has 2 aromatic rings. The fraction of sp³-hybridized carbons (Fsp3) is 0.0909. The highest BCUT2D eigenvalue weighted by molar-refractivity contribution is 7.80. The van der Waals surface area contributed by atoms with Gasteiger partial charge >= 0.3 is 0 Å². The molecule has 0 bridgehead atoms. The van der Waals surface area contributed by atoms with Crippen molar-refractivity contribution in [1.82, 2.24) is 5.16 Å². The number of hydrogen-bond donors (Lipinski definition) is 2. The van der Waals surface area contributed by atoms with E-state index in [0.29, 0.717) is 10.9 Å². The molecule has 0 fully saturated rings. The second-order valence-electron chi connectivity index (χ2n) is 3.46. The van der Waals surface area contributed by atoms with E-state index in [-0.39, 0.29) is 5.22 Å². The number of anilines is 2. The summed E-state index contributed by atoms with van der Waals surface area (Å²) in [7, 11) is 0. The van der Waals surface area contributed by atoms with Crippen LogP contribution in [0.4, 0.5) is 11.5 Å². The molecular formula is C11H10ClN3OS. The Morgan fingerprint density at radius 1 is 1.35 bits per heavy atom. The van der Waals surface area contributed by atoms with Crippen LogP contribution >= 0.6 is 23.8 Å². The van der Waals surface area contributed by atoms with Crippen molar-refractivity contribution >= 4 is 40.4 Å². The highest BCUT2D eigenvalue weighted by Crippen LogP contribution is 2.14. The normalized spacial score (nSPS) is 10.0. The summed E-state index contributed by atoms with van der Waals surface area (Å²) >= 11 is 10.7. The van der Waals surface area contributed by atoms with Gasteiger partial charge in [-0.05, 0) is 48.4 Å². The molecule has 0 aliphatic rings. The number of halogens is 1. The molecule has 0 amide bonds. The molecule has 0 saturated heterocycles. The Kier molecular flexibility index (Phi) is 3.61. The van der Waals surface area contributed by atoms with Gasteiger partial charge in [0.15, 0.2) is 10.9 Å². The molecule has 1 aromatic carbocycles. The van der Waals surface area contributed by atoms with Gasteiger partial charge in [0.05, 0.1) is 0 Å². The van der Waals surface area contributed by atoms with Crippen LogP contribution in [0.25, 0.3) is 0 Å². The molecule has 6 heteroatoms. The standard InChI is InChI=1S/C11H10ClN3OS/c1-7-3-2-4-8(5-7)13-11(17)14-10-6-9(12)16-15-10/h2-6H,1H3,(H2,13,14,15,17). The van der Waals surface area contributed by atoms with Gasteiger partial charge in [0.25, 0.3) is 0 Å². The molecule has 1 aromatic heterocycles. The third kappa shape index (κ3) is 3.44. The van der Waals surface area contributed by atoms with E-state index in [2.05, 4.69) is 15.8 Å². The number of aryl methyl sites for hydroxylation is 1. The number of rotatable bonds is 2. The van der Waals surface area contributed by atoms with Crippen molar-refractivity contribution in [2.45, 2.75) is 6.92 Å². The molecular weight excluding hydrogens is 258 g/mol. The predicted octanol–water partition coefficient (Wildman–Crippen LogP) is 3.45. The van der Waals surface area contributed by atoms with Crippen LogP contribution < -0.4 is 10.6 Å². The van der Waals surface area contributed by atoms with E-state index in [1.54, 1.807) is 6.07 Å². The first-order chi connectivity index (χ1) is 8.13. The van der Waals surface area contributed by atoms with E-state index < -0.39 is 0 Å². The molecule has 1 heterocycles. The van der Waals surface area contributed by atoms with Crippen molar-refractivity contribution in [2.24, 2.45) is 0 Å². The van der Waals surface area contributed by atoms with Gasteiger partial charge in [-0.3, -0.25) is 0 Å². The summed E-state index contributed by atoms with van der Waals surface area (Å²) in [4.78, 5) is 0. The largest absolute Gasteiger partial charge is 0.342 e. The van der Waals surface area contributed by atoms with Gasteiger partial charge in [0, 0.05) is 11.8 Å².